The zero-order valence-electron chi connectivity index (χ0n) is 12.8. The zero-order chi connectivity index (χ0) is 15.5. The minimum absolute atomic E-state index is 0.139. The van der Waals surface area contributed by atoms with Crippen molar-refractivity contribution in [1.29, 1.82) is 5.26 Å². The van der Waals surface area contributed by atoms with Gasteiger partial charge in [-0.15, -0.1) is 0 Å². The van der Waals surface area contributed by atoms with Crippen LogP contribution in [0.3, 0.4) is 0 Å². The summed E-state index contributed by atoms with van der Waals surface area (Å²) in [6.45, 7) is 7.90. The molecule has 0 aliphatic heterocycles. The molecule has 108 valence electrons. The number of amides is 1. The highest BCUT2D eigenvalue weighted by Gasteiger charge is 2.22. The fraction of sp³-hybridized carbons (Fsp3) is 0.533. The van der Waals surface area contributed by atoms with Gasteiger partial charge in [0.15, 0.2) is 0 Å². The van der Waals surface area contributed by atoms with E-state index in [0.717, 1.165) is 5.69 Å². The molecule has 1 amide bonds. The molecule has 0 bridgehead atoms. The molecule has 5 nitrogen and oxygen atoms in total. The molecule has 0 radical (unpaired) electrons. The van der Waals surface area contributed by atoms with Crippen molar-refractivity contribution in [2.75, 3.05) is 12.8 Å². The molecule has 1 aromatic rings. The van der Waals surface area contributed by atoms with Gasteiger partial charge in [-0.2, -0.15) is 5.26 Å². The Balaban J connectivity index is 3.11. The molecule has 1 atom stereocenters. The van der Waals surface area contributed by atoms with Gasteiger partial charge >= 0.3 is 0 Å². The van der Waals surface area contributed by atoms with Crippen molar-refractivity contribution < 1.29 is 4.79 Å². The van der Waals surface area contributed by atoms with E-state index >= 15 is 0 Å². The van der Waals surface area contributed by atoms with Crippen molar-refractivity contribution in [2.45, 2.75) is 45.6 Å². The van der Waals surface area contributed by atoms with Crippen LogP contribution in [-0.2, 0) is 5.41 Å². The summed E-state index contributed by atoms with van der Waals surface area (Å²) in [4.78, 5) is 18.3. The fourth-order valence-electron chi connectivity index (χ4n) is 1.73. The lowest BCUT2D eigenvalue weighted by Gasteiger charge is -2.24. The van der Waals surface area contributed by atoms with E-state index in [9.17, 15) is 4.79 Å². The second-order valence-corrected chi connectivity index (χ2v) is 6.04. The lowest BCUT2D eigenvalue weighted by Crippen LogP contribution is -2.35. The number of aromatic nitrogens is 1. The SMILES string of the molecule is CC(CC#N)N(C)C(=O)c1cc(N)nc(C(C)(C)C)c1. The second-order valence-electron chi connectivity index (χ2n) is 6.04. The van der Waals surface area contributed by atoms with Gasteiger partial charge < -0.3 is 10.6 Å². The predicted octanol–water partition coefficient (Wildman–Crippen LogP) is 2.34. The normalized spacial score (nSPS) is 12.6. The molecule has 0 fully saturated rings. The Morgan fingerprint density at radius 3 is 2.60 bits per heavy atom. The number of carbonyl (C=O) groups is 1. The Morgan fingerprint density at radius 2 is 2.10 bits per heavy atom. The van der Waals surface area contributed by atoms with Crippen LogP contribution in [0.25, 0.3) is 0 Å². The average Bonchev–Trinajstić information content (AvgIpc) is 2.35. The molecule has 0 aromatic carbocycles. The summed E-state index contributed by atoms with van der Waals surface area (Å²) < 4.78 is 0. The molecule has 1 aromatic heterocycles. The second kappa shape index (κ2) is 5.91. The third-order valence-electron chi connectivity index (χ3n) is 3.23. The van der Waals surface area contributed by atoms with Crippen LogP contribution in [-0.4, -0.2) is 28.9 Å². The largest absolute Gasteiger partial charge is 0.384 e. The van der Waals surface area contributed by atoms with Crippen molar-refractivity contribution in [1.82, 2.24) is 9.88 Å². The number of pyridine rings is 1. The fourth-order valence-corrected chi connectivity index (χ4v) is 1.73. The smallest absolute Gasteiger partial charge is 0.254 e. The number of anilines is 1. The maximum atomic E-state index is 12.4. The minimum Gasteiger partial charge on any atom is -0.384 e. The summed E-state index contributed by atoms with van der Waals surface area (Å²) in [5, 5.41) is 8.71. The molecular formula is C15H22N4O. The number of nitrogens with zero attached hydrogens (tertiary/aromatic N) is 3. The monoisotopic (exact) mass is 274 g/mol. The highest BCUT2D eigenvalue weighted by atomic mass is 16.2. The van der Waals surface area contributed by atoms with Crippen LogP contribution in [0.5, 0.6) is 0 Å². The lowest BCUT2D eigenvalue weighted by atomic mass is 9.90. The van der Waals surface area contributed by atoms with Crippen LogP contribution in [0.2, 0.25) is 0 Å². The van der Waals surface area contributed by atoms with Gasteiger partial charge in [0.25, 0.3) is 5.91 Å². The highest BCUT2D eigenvalue weighted by Crippen LogP contribution is 2.23. The number of hydrogen-bond acceptors (Lipinski definition) is 4. The molecule has 0 aliphatic carbocycles. The van der Waals surface area contributed by atoms with Gasteiger partial charge in [0, 0.05) is 29.8 Å². The Hall–Kier alpha value is -2.09. The molecule has 0 aliphatic rings. The van der Waals surface area contributed by atoms with E-state index in [1.54, 1.807) is 24.1 Å². The molecule has 5 heteroatoms. The quantitative estimate of drug-likeness (QED) is 0.917. The van der Waals surface area contributed by atoms with E-state index in [1.165, 1.54) is 0 Å². The van der Waals surface area contributed by atoms with Gasteiger partial charge in [-0.1, -0.05) is 20.8 Å². The van der Waals surface area contributed by atoms with Gasteiger partial charge in [-0.05, 0) is 19.1 Å². The number of nitrogen functional groups attached to an aromatic ring is 1. The highest BCUT2D eigenvalue weighted by molar-refractivity contribution is 5.95. The van der Waals surface area contributed by atoms with Gasteiger partial charge in [-0.3, -0.25) is 4.79 Å². The Kier molecular flexibility index (Phi) is 4.72. The molecule has 1 unspecified atom stereocenters. The summed E-state index contributed by atoms with van der Waals surface area (Å²) in [7, 11) is 1.69. The van der Waals surface area contributed by atoms with E-state index in [-0.39, 0.29) is 17.4 Å². The molecule has 20 heavy (non-hydrogen) atoms. The molecule has 0 spiro atoms. The summed E-state index contributed by atoms with van der Waals surface area (Å²) in [6, 6.07) is 5.28. The summed E-state index contributed by atoms with van der Waals surface area (Å²) in [6.07, 6.45) is 0.301. The number of hydrogen-bond donors (Lipinski definition) is 1. The first kappa shape index (κ1) is 16.0. The van der Waals surface area contributed by atoms with Crippen molar-refractivity contribution in [3.05, 3.63) is 23.4 Å². The van der Waals surface area contributed by atoms with E-state index in [2.05, 4.69) is 11.1 Å². The average molecular weight is 274 g/mol. The van der Waals surface area contributed by atoms with Gasteiger partial charge in [-0.25, -0.2) is 4.98 Å². The van der Waals surface area contributed by atoms with E-state index in [4.69, 9.17) is 11.0 Å². The van der Waals surface area contributed by atoms with E-state index in [1.807, 2.05) is 27.7 Å². The standard InChI is InChI=1S/C15H22N4O/c1-10(6-7-16)19(5)14(20)11-8-12(15(2,3)4)18-13(17)9-11/h8-10H,6H2,1-5H3,(H2,17,18). The van der Waals surface area contributed by atoms with Crippen LogP contribution >= 0.6 is 0 Å². The van der Waals surface area contributed by atoms with E-state index in [0.29, 0.717) is 17.8 Å². The van der Waals surface area contributed by atoms with Crippen molar-refractivity contribution in [3.63, 3.8) is 0 Å². The molecule has 0 saturated heterocycles. The van der Waals surface area contributed by atoms with Crippen LogP contribution < -0.4 is 5.73 Å². The topological polar surface area (TPSA) is 83.0 Å². The third-order valence-corrected chi connectivity index (χ3v) is 3.23. The minimum atomic E-state index is -0.179. The first-order valence-corrected chi connectivity index (χ1v) is 6.59. The maximum absolute atomic E-state index is 12.4. The van der Waals surface area contributed by atoms with Crippen LogP contribution in [0.1, 0.15) is 50.2 Å². The first-order chi connectivity index (χ1) is 9.16. The van der Waals surface area contributed by atoms with Crippen LogP contribution in [0.4, 0.5) is 5.82 Å². The van der Waals surface area contributed by atoms with Gasteiger partial charge in [0.2, 0.25) is 0 Å². The van der Waals surface area contributed by atoms with Crippen LogP contribution in [0.15, 0.2) is 12.1 Å². The predicted molar refractivity (Wildman–Crippen MR) is 79.1 cm³/mol. The molecule has 1 rings (SSSR count). The van der Waals surface area contributed by atoms with E-state index < -0.39 is 0 Å². The molecule has 0 saturated carbocycles. The summed E-state index contributed by atoms with van der Waals surface area (Å²) >= 11 is 0. The number of rotatable bonds is 3. The zero-order valence-corrected chi connectivity index (χ0v) is 12.8. The Bertz CT molecular complexity index is 540. The first-order valence-electron chi connectivity index (χ1n) is 6.59. The lowest BCUT2D eigenvalue weighted by molar-refractivity contribution is 0.0746. The van der Waals surface area contributed by atoms with Crippen LogP contribution in [0, 0.1) is 11.3 Å². The number of carbonyl (C=O) groups excluding carboxylic acids is 1. The van der Waals surface area contributed by atoms with Crippen molar-refractivity contribution in [2.24, 2.45) is 0 Å². The van der Waals surface area contributed by atoms with Crippen molar-refractivity contribution >= 4 is 11.7 Å². The summed E-state index contributed by atoms with van der Waals surface area (Å²) in [5.74, 6) is 0.189. The molecule has 2 N–H and O–H groups in total. The number of nitriles is 1. The maximum Gasteiger partial charge on any atom is 0.254 e. The Morgan fingerprint density at radius 1 is 1.50 bits per heavy atom. The molecule has 1 heterocycles. The third kappa shape index (κ3) is 3.70. The van der Waals surface area contributed by atoms with Gasteiger partial charge in [0.05, 0.1) is 12.5 Å². The summed E-state index contributed by atoms with van der Waals surface area (Å²) in [5.41, 5.74) is 6.90. The van der Waals surface area contributed by atoms with Crippen molar-refractivity contribution in [3.8, 4) is 6.07 Å². The number of nitrogens with two attached hydrogens (primary N) is 1. The Labute approximate surface area is 120 Å². The van der Waals surface area contributed by atoms with Gasteiger partial charge in [0.1, 0.15) is 5.82 Å². The molecular weight excluding hydrogens is 252 g/mol.